The minimum absolute atomic E-state index is 0.198. The number of amides is 1. The Balaban J connectivity index is 0.00000141. The van der Waals surface area contributed by atoms with Crippen molar-refractivity contribution in [3.8, 4) is 5.40 Å². The molecule has 2 heterocycles. The number of aryl methyl sites for hydroxylation is 1. The number of anilines is 3. The Morgan fingerprint density at radius 2 is 1.68 bits per heavy atom. The second-order valence-corrected chi connectivity index (χ2v) is 10.6. The largest absolute Gasteiger partial charge is 0.416 e. The molecule has 1 aliphatic rings. The van der Waals surface area contributed by atoms with Crippen LogP contribution in [0.1, 0.15) is 46.6 Å². The van der Waals surface area contributed by atoms with E-state index in [0.717, 1.165) is 71.5 Å². The molecule has 1 fully saturated rings. The number of pyridine rings is 1. The second-order valence-electron chi connectivity index (χ2n) is 10.4. The van der Waals surface area contributed by atoms with Crippen molar-refractivity contribution in [2.24, 2.45) is 0 Å². The van der Waals surface area contributed by atoms with Gasteiger partial charge in [0, 0.05) is 66.4 Å². The first-order valence-electron chi connectivity index (χ1n) is 14.4. The number of nitrogens with zero attached hydrogens (tertiary/aromatic N) is 4. The maximum Gasteiger partial charge on any atom is 0.416 e. The van der Waals surface area contributed by atoms with E-state index < -0.39 is 11.7 Å². The van der Waals surface area contributed by atoms with Gasteiger partial charge in [0.2, 0.25) is 0 Å². The number of carbonyl (C=O) groups excluding carboxylic acids is 1. The van der Waals surface area contributed by atoms with E-state index in [-0.39, 0.29) is 5.91 Å². The Morgan fingerprint density at radius 1 is 1.02 bits per heavy atom. The molecular weight excluding hydrogens is 585 g/mol. The highest BCUT2D eigenvalue weighted by Crippen LogP contribution is 2.31. The molecule has 1 aromatic heterocycles. The first-order valence-corrected chi connectivity index (χ1v) is 14.8. The molecule has 3 aromatic carbocycles. The summed E-state index contributed by atoms with van der Waals surface area (Å²) in [7, 11) is 0. The summed E-state index contributed by atoms with van der Waals surface area (Å²) >= 11 is 3.09. The summed E-state index contributed by atoms with van der Waals surface area (Å²) in [6.45, 7) is 7.56. The number of piperazine rings is 1. The SMILES string of the molecule is CCc1nc2ccc(NC(=O)c3ccccc3CN3CCN(c4ccc(C(F)(F)F)cc4)CC3)cc2c(N)c1CC.N#CS. The van der Waals surface area contributed by atoms with E-state index in [1.165, 1.54) is 17.5 Å². The summed E-state index contributed by atoms with van der Waals surface area (Å²) in [6.07, 6.45) is -2.74. The van der Waals surface area contributed by atoms with Gasteiger partial charge in [0.15, 0.2) is 0 Å². The lowest BCUT2D eigenvalue weighted by Crippen LogP contribution is -2.46. The van der Waals surface area contributed by atoms with E-state index in [1.54, 1.807) is 0 Å². The first-order chi connectivity index (χ1) is 21.1. The molecule has 230 valence electrons. The number of carbonyl (C=O) groups is 1. The van der Waals surface area contributed by atoms with Gasteiger partial charge < -0.3 is 16.0 Å². The molecular formula is C33H35F3N6OS. The lowest BCUT2D eigenvalue weighted by molar-refractivity contribution is -0.137. The maximum absolute atomic E-state index is 13.4. The summed E-state index contributed by atoms with van der Waals surface area (Å²) in [5.74, 6) is -0.198. The average Bonchev–Trinajstić information content (AvgIpc) is 3.02. The fraction of sp³-hybridized carbons (Fsp3) is 0.303. The minimum atomic E-state index is -4.34. The van der Waals surface area contributed by atoms with Crippen molar-refractivity contribution in [1.29, 1.82) is 5.26 Å². The summed E-state index contributed by atoms with van der Waals surface area (Å²) in [5.41, 5.74) is 12.4. The zero-order valence-corrected chi connectivity index (χ0v) is 25.6. The van der Waals surface area contributed by atoms with E-state index in [0.29, 0.717) is 36.6 Å². The summed E-state index contributed by atoms with van der Waals surface area (Å²) < 4.78 is 38.7. The highest BCUT2D eigenvalue weighted by molar-refractivity contribution is 7.85. The first kappa shape index (κ1) is 32.6. The van der Waals surface area contributed by atoms with Gasteiger partial charge in [-0.1, -0.05) is 44.7 Å². The molecule has 0 radical (unpaired) electrons. The molecule has 44 heavy (non-hydrogen) atoms. The van der Waals surface area contributed by atoms with Crippen molar-refractivity contribution >= 4 is 46.5 Å². The van der Waals surface area contributed by atoms with Crippen LogP contribution in [0, 0.1) is 10.7 Å². The van der Waals surface area contributed by atoms with Crippen LogP contribution in [0.25, 0.3) is 10.9 Å². The Kier molecular flexibility index (Phi) is 10.7. The number of thiol groups is 1. The van der Waals surface area contributed by atoms with E-state index in [9.17, 15) is 18.0 Å². The summed E-state index contributed by atoms with van der Waals surface area (Å²) in [4.78, 5) is 22.5. The maximum atomic E-state index is 13.4. The number of halogens is 3. The second kappa shape index (κ2) is 14.5. The molecule has 0 unspecified atom stereocenters. The third kappa shape index (κ3) is 7.62. The molecule has 0 bridgehead atoms. The molecule has 5 rings (SSSR count). The Bertz CT molecular complexity index is 1640. The number of rotatable bonds is 7. The molecule has 3 N–H and O–H groups in total. The smallest absolute Gasteiger partial charge is 0.398 e. The molecule has 4 aromatic rings. The van der Waals surface area contributed by atoms with Crippen molar-refractivity contribution in [3.05, 3.63) is 94.7 Å². The van der Waals surface area contributed by atoms with Crippen molar-refractivity contribution in [3.63, 3.8) is 0 Å². The predicted octanol–water partition coefficient (Wildman–Crippen LogP) is 6.93. The number of nitriles is 1. The average molecular weight is 621 g/mol. The Labute approximate surface area is 260 Å². The molecule has 0 aliphatic carbocycles. The monoisotopic (exact) mass is 620 g/mol. The number of alkyl halides is 3. The standard InChI is InChI=1S/C32H34F3N5O.CHNS/c1-3-25-28(4-2)38-29-14-11-23(19-27(29)30(25)36)37-31(41)26-8-6-5-7-21(26)20-39-15-17-40(18-16-39)24-12-9-22(10-13-24)32(33,34)35;2-1-3/h5-14,19H,3-4,15-18,20H2,1-2H3,(H2,36,38)(H,37,41);3H. The Hall–Kier alpha value is -4.27. The zero-order valence-electron chi connectivity index (χ0n) is 24.7. The summed E-state index contributed by atoms with van der Waals surface area (Å²) in [6, 6.07) is 18.5. The van der Waals surface area contributed by atoms with Crippen LogP contribution >= 0.6 is 12.6 Å². The van der Waals surface area contributed by atoms with Gasteiger partial charge in [0.25, 0.3) is 5.91 Å². The van der Waals surface area contributed by atoms with E-state index >= 15 is 0 Å². The third-order valence-corrected chi connectivity index (χ3v) is 7.75. The number of benzene rings is 3. The number of thiocyanates is 1. The van der Waals surface area contributed by atoms with Crippen LogP contribution in [-0.4, -0.2) is 42.0 Å². The van der Waals surface area contributed by atoms with Gasteiger partial charge in [-0.15, -0.1) is 0 Å². The van der Waals surface area contributed by atoms with Gasteiger partial charge in [-0.05, 0) is 72.5 Å². The molecule has 11 heteroatoms. The number of nitrogens with one attached hydrogen (secondary N) is 1. The van der Waals surface area contributed by atoms with E-state index in [4.69, 9.17) is 16.0 Å². The van der Waals surface area contributed by atoms with E-state index in [2.05, 4.69) is 41.6 Å². The van der Waals surface area contributed by atoms with Gasteiger partial charge in [-0.2, -0.15) is 18.4 Å². The van der Waals surface area contributed by atoms with Crippen LogP contribution in [0.5, 0.6) is 0 Å². The summed E-state index contributed by atoms with van der Waals surface area (Å²) in [5, 5.41) is 12.5. The topological polar surface area (TPSA) is 98.3 Å². The molecule has 0 saturated carbocycles. The molecule has 1 amide bonds. The van der Waals surface area contributed by atoms with Gasteiger partial charge in [0.1, 0.15) is 5.40 Å². The van der Waals surface area contributed by atoms with Crippen LogP contribution in [0.15, 0.2) is 66.7 Å². The fourth-order valence-corrected chi connectivity index (χ4v) is 5.49. The van der Waals surface area contributed by atoms with Gasteiger partial charge in [0.05, 0.1) is 11.1 Å². The van der Waals surface area contributed by atoms with Crippen LogP contribution in [0.3, 0.4) is 0 Å². The zero-order chi connectivity index (χ0) is 31.9. The van der Waals surface area contributed by atoms with Crippen molar-refractivity contribution in [2.75, 3.05) is 42.1 Å². The van der Waals surface area contributed by atoms with Gasteiger partial charge >= 0.3 is 6.18 Å². The van der Waals surface area contributed by atoms with Crippen LogP contribution in [-0.2, 0) is 25.6 Å². The molecule has 7 nitrogen and oxygen atoms in total. The predicted molar refractivity (Wildman–Crippen MR) is 173 cm³/mol. The normalized spacial score (nSPS) is 13.6. The number of fused-ring (bicyclic) bond motifs is 1. The minimum Gasteiger partial charge on any atom is -0.398 e. The van der Waals surface area contributed by atoms with Crippen LogP contribution < -0.4 is 16.0 Å². The van der Waals surface area contributed by atoms with Crippen LogP contribution in [0.2, 0.25) is 0 Å². The number of nitrogen functional groups attached to an aromatic ring is 1. The molecule has 1 aliphatic heterocycles. The van der Waals surface area contributed by atoms with Crippen LogP contribution in [0.4, 0.5) is 30.2 Å². The fourth-order valence-electron chi connectivity index (χ4n) is 5.49. The Morgan fingerprint density at radius 3 is 2.30 bits per heavy atom. The highest BCUT2D eigenvalue weighted by atomic mass is 32.1. The number of hydrogen-bond donors (Lipinski definition) is 3. The molecule has 0 atom stereocenters. The number of nitrogens with two attached hydrogens (primary N) is 1. The van der Waals surface area contributed by atoms with Crippen molar-refractivity contribution in [2.45, 2.75) is 39.4 Å². The molecule has 0 spiro atoms. The number of aromatic nitrogens is 1. The lowest BCUT2D eigenvalue weighted by Gasteiger charge is -2.36. The number of hydrogen-bond acceptors (Lipinski definition) is 7. The molecule has 1 saturated heterocycles. The van der Waals surface area contributed by atoms with Gasteiger partial charge in [-0.3, -0.25) is 14.7 Å². The lowest BCUT2D eigenvalue weighted by atomic mass is 10.0. The van der Waals surface area contributed by atoms with Crippen molar-refractivity contribution < 1.29 is 18.0 Å². The van der Waals surface area contributed by atoms with Crippen molar-refractivity contribution in [1.82, 2.24) is 9.88 Å². The van der Waals surface area contributed by atoms with Gasteiger partial charge in [-0.25, -0.2) is 0 Å². The quantitative estimate of drug-likeness (QED) is 0.153. The van der Waals surface area contributed by atoms with E-state index in [1.807, 2.05) is 42.5 Å². The highest BCUT2D eigenvalue weighted by Gasteiger charge is 2.30. The third-order valence-electron chi connectivity index (χ3n) is 7.75.